The van der Waals surface area contributed by atoms with Crippen LogP contribution in [0, 0.1) is 0 Å². The number of benzene rings is 2. The predicted molar refractivity (Wildman–Crippen MR) is 147 cm³/mol. The number of halogens is 1. The van der Waals surface area contributed by atoms with E-state index >= 15 is 0 Å². The molecule has 0 radical (unpaired) electrons. The maximum absolute atomic E-state index is 13.1. The lowest BCUT2D eigenvalue weighted by Crippen LogP contribution is -2.40. The Balaban J connectivity index is 0.000000798. The van der Waals surface area contributed by atoms with Crippen LogP contribution < -0.4 is 15.5 Å². The lowest BCUT2D eigenvalue weighted by molar-refractivity contribution is -0.159. The van der Waals surface area contributed by atoms with Crippen LogP contribution in [0.2, 0.25) is 5.02 Å². The van der Waals surface area contributed by atoms with Crippen LogP contribution in [0.3, 0.4) is 0 Å². The third-order valence-electron chi connectivity index (χ3n) is 5.66. The van der Waals surface area contributed by atoms with Gasteiger partial charge in [-0.3, -0.25) is 4.79 Å². The summed E-state index contributed by atoms with van der Waals surface area (Å²) in [6.07, 6.45) is 0. The number of hydrogen-bond acceptors (Lipinski definition) is 8. The molecule has 2 aromatic rings. The van der Waals surface area contributed by atoms with Gasteiger partial charge in [-0.15, -0.1) is 0 Å². The maximum atomic E-state index is 13.1. The molecular weight excluding hydrogens is 552 g/mol. The number of sulfonamides is 1. The van der Waals surface area contributed by atoms with Gasteiger partial charge in [0, 0.05) is 37.7 Å². The van der Waals surface area contributed by atoms with Crippen molar-refractivity contribution >= 4 is 50.8 Å². The zero-order valence-corrected chi connectivity index (χ0v) is 23.3. The Kier molecular flexibility index (Phi) is 12.6. The Morgan fingerprint density at radius 1 is 1.00 bits per heavy atom. The van der Waals surface area contributed by atoms with Crippen LogP contribution in [0.5, 0.6) is 0 Å². The number of carbonyl (C=O) groups excluding carboxylic acids is 1. The van der Waals surface area contributed by atoms with Crippen LogP contribution >= 0.6 is 11.6 Å². The van der Waals surface area contributed by atoms with E-state index in [1.54, 1.807) is 30.3 Å². The van der Waals surface area contributed by atoms with Crippen molar-refractivity contribution in [3.05, 3.63) is 53.1 Å². The highest BCUT2D eigenvalue weighted by atomic mass is 35.5. The molecule has 14 heteroatoms. The van der Waals surface area contributed by atoms with Crippen molar-refractivity contribution in [2.24, 2.45) is 0 Å². The number of amides is 1. The Morgan fingerprint density at radius 2 is 1.59 bits per heavy atom. The van der Waals surface area contributed by atoms with Gasteiger partial charge in [-0.25, -0.2) is 18.0 Å². The summed E-state index contributed by atoms with van der Waals surface area (Å²) >= 11 is 5.90. The lowest BCUT2D eigenvalue weighted by atomic mass is 10.2. The number of carboxylic acid groups (broad SMARTS) is 2. The molecular formula is C25H33ClN4O8S. The van der Waals surface area contributed by atoms with Crippen LogP contribution in [0.1, 0.15) is 19.4 Å². The largest absolute Gasteiger partial charge is 0.473 e. The van der Waals surface area contributed by atoms with Crippen molar-refractivity contribution in [1.29, 1.82) is 0 Å². The number of carboxylic acids is 2. The van der Waals surface area contributed by atoms with Crippen LogP contribution in [0.25, 0.3) is 0 Å². The first-order valence-electron chi connectivity index (χ1n) is 12.2. The Morgan fingerprint density at radius 3 is 2.13 bits per heavy atom. The molecule has 0 aromatic heterocycles. The fourth-order valence-electron chi connectivity index (χ4n) is 3.67. The molecule has 1 heterocycles. The van der Waals surface area contributed by atoms with E-state index < -0.39 is 22.0 Å². The Hall–Kier alpha value is -3.23. The SMILES string of the molecule is CCN(CC)c1ccc(S(=O)(=O)N2CCOCC2)cc1NC(=O)CNCc1ccc(Cl)cc1.O=C(O)C(=O)O. The average Bonchev–Trinajstić information content (AvgIpc) is 2.92. The van der Waals surface area contributed by atoms with Gasteiger partial charge in [-0.1, -0.05) is 23.7 Å². The fourth-order valence-corrected chi connectivity index (χ4v) is 5.23. The summed E-state index contributed by atoms with van der Waals surface area (Å²) in [5.41, 5.74) is 2.27. The van der Waals surface area contributed by atoms with Crippen molar-refractivity contribution in [3.63, 3.8) is 0 Å². The number of aliphatic carboxylic acids is 2. The van der Waals surface area contributed by atoms with E-state index in [4.69, 9.17) is 36.1 Å². The molecule has 1 fully saturated rings. The van der Waals surface area contributed by atoms with Gasteiger partial charge < -0.3 is 30.5 Å². The molecule has 4 N–H and O–H groups in total. The molecule has 0 aliphatic carbocycles. The summed E-state index contributed by atoms with van der Waals surface area (Å²) in [4.78, 5) is 33.1. The summed E-state index contributed by atoms with van der Waals surface area (Å²) in [6, 6.07) is 12.3. The van der Waals surface area contributed by atoms with Crippen LogP contribution in [0.4, 0.5) is 11.4 Å². The quantitative estimate of drug-likeness (QED) is 0.304. The number of hydrogen-bond donors (Lipinski definition) is 4. The third kappa shape index (κ3) is 9.79. The highest BCUT2D eigenvalue weighted by Gasteiger charge is 2.27. The maximum Gasteiger partial charge on any atom is 0.414 e. The van der Waals surface area contributed by atoms with Crippen LogP contribution in [0.15, 0.2) is 47.4 Å². The second kappa shape index (κ2) is 15.4. The van der Waals surface area contributed by atoms with Gasteiger partial charge in [0.2, 0.25) is 15.9 Å². The van der Waals surface area contributed by atoms with Crippen molar-refractivity contribution in [2.75, 3.05) is 56.2 Å². The normalized spacial score (nSPS) is 13.6. The van der Waals surface area contributed by atoms with E-state index in [0.717, 1.165) is 24.3 Å². The molecule has 1 aliphatic heterocycles. The van der Waals surface area contributed by atoms with E-state index in [9.17, 15) is 13.2 Å². The molecule has 214 valence electrons. The number of nitrogens with zero attached hydrogens (tertiary/aromatic N) is 2. The van der Waals surface area contributed by atoms with Crippen molar-refractivity contribution in [2.45, 2.75) is 25.3 Å². The molecule has 2 aromatic carbocycles. The first-order chi connectivity index (χ1) is 18.5. The van der Waals surface area contributed by atoms with Gasteiger partial charge in [0.05, 0.1) is 36.0 Å². The van der Waals surface area contributed by atoms with Gasteiger partial charge in [-0.05, 0) is 49.7 Å². The first kappa shape index (κ1) is 32.0. The summed E-state index contributed by atoms with van der Waals surface area (Å²) in [7, 11) is -3.68. The second-order valence-electron chi connectivity index (χ2n) is 8.26. The lowest BCUT2D eigenvalue weighted by Gasteiger charge is -2.28. The fraction of sp³-hybridized carbons (Fsp3) is 0.400. The number of nitrogens with one attached hydrogen (secondary N) is 2. The van der Waals surface area contributed by atoms with E-state index in [-0.39, 0.29) is 17.3 Å². The molecule has 1 saturated heterocycles. The second-order valence-corrected chi connectivity index (χ2v) is 10.6. The van der Waals surface area contributed by atoms with Crippen molar-refractivity contribution in [3.8, 4) is 0 Å². The highest BCUT2D eigenvalue weighted by molar-refractivity contribution is 7.89. The predicted octanol–water partition coefficient (Wildman–Crippen LogP) is 2.09. The Bertz CT molecular complexity index is 1220. The number of carbonyl (C=O) groups is 3. The number of anilines is 2. The van der Waals surface area contributed by atoms with Gasteiger partial charge in [-0.2, -0.15) is 4.31 Å². The van der Waals surface area contributed by atoms with E-state index in [1.807, 2.05) is 26.0 Å². The minimum absolute atomic E-state index is 0.0841. The van der Waals surface area contributed by atoms with E-state index in [0.29, 0.717) is 43.6 Å². The third-order valence-corrected chi connectivity index (χ3v) is 7.81. The zero-order chi connectivity index (χ0) is 29.0. The summed E-state index contributed by atoms with van der Waals surface area (Å²) in [6.45, 7) is 7.46. The van der Waals surface area contributed by atoms with E-state index in [2.05, 4.69) is 15.5 Å². The smallest absolute Gasteiger partial charge is 0.414 e. The van der Waals surface area contributed by atoms with E-state index in [1.165, 1.54) is 4.31 Å². The number of rotatable bonds is 10. The van der Waals surface area contributed by atoms with Crippen molar-refractivity contribution in [1.82, 2.24) is 9.62 Å². The van der Waals surface area contributed by atoms with Gasteiger partial charge in [0.15, 0.2) is 0 Å². The molecule has 0 saturated carbocycles. The minimum atomic E-state index is -3.68. The van der Waals surface area contributed by atoms with Gasteiger partial charge in [0.1, 0.15) is 0 Å². The molecule has 0 atom stereocenters. The van der Waals surface area contributed by atoms with Crippen molar-refractivity contribution < 1.29 is 37.8 Å². The molecule has 0 spiro atoms. The average molecular weight is 585 g/mol. The monoisotopic (exact) mass is 584 g/mol. The summed E-state index contributed by atoms with van der Waals surface area (Å²) in [5.74, 6) is -3.90. The van der Waals surface area contributed by atoms with Gasteiger partial charge >= 0.3 is 11.9 Å². The molecule has 3 rings (SSSR count). The summed E-state index contributed by atoms with van der Waals surface area (Å²) < 4.78 is 32.9. The molecule has 0 unspecified atom stereocenters. The molecule has 0 bridgehead atoms. The van der Waals surface area contributed by atoms with Crippen LogP contribution in [-0.2, 0) is 35.7 Å². The summed E-state index contributed by atoms with van der Waals surface area (Å²) in [5, 5.41) is 21.4. The number of ether oxygens (including phenoxy) is 1. The zero-order valence-electron chi connectivity index (χ0n) is 21.7. The topological polar surface area (TPSA) is 166 Å². The standard InChI is InChI=1S/C23H31ClN4O4S.C2H2O4/c1-3-27(4-2)22-10-9-20(33(30,31)28-11-13-32-14-12-28)15-21(22)26-23(29)17-25-16-18-5-7-19(24)8-6-18;3-1(4)2(5)6/h5-10,15,25H,3-4,11-14,16-17H2,1-2H3,(H,26,29);(H,3,4)(H,5,6). The van der Waals surface area contributed by atoms with Gasteiger partial charge in [0.25, 0.3) is 0 Å². The Labute approximate surface area is 232 Å². The number of morpholine rings is 1. The molecule has 39 heavy (non-hydrogen) atoms. The minimum Gasteiger partial charge on any atom is -0.473 e. The first-order valence-corrected chi connectivity index (χ1v) is 14.0. The molecule has 1 amide bonds. The molecule has 1 aliphatic rings. The highest BCUT2D eigenvalue weighted by Crippen LogP contribution is 2.30. The van der Waals surface area contributed by atoms with Crippen LogP contribution in [-0.4, -0.2) is 86.7 Å². The molecule has 12 nitrogen and oxygen atoms in total.